The fraction of sp³-hybridized carbons (Fsp3) is 0.211. The van der Waals surface area contributed by atoms with E-state index in [9.17, 15) is 4.79 Å². The number of fused-ring (bicyclic) bond motifs is 1. The zero-order valence-corrected chi connectivity index (χ0v) is 15.7. The topological polar surface area (TPSA) is 72.6 Å². The first kappa shape index (κ1) is 17.9. The summed E-state index contributed by atoms with van der Waals surface area (Å²) in [7, 11) is 4.57. The van der Waals surface area contributed by atoms with Crippen molar-refractivity contribution in [1.29, 1.82) is 0 Å². The number of hydrogen-bond donors (Lipinski definition) is 2. The Balaban J connectivity index is 1.97. The van der Waals surface area contributed by atoms with Crippen LogP contribution in [0.2, 0.25) is 5.02 Å². The molecular weight excluding hydrogens is 356 g/mol. The molecule has 0 radical (unpaired) electrons. The fourth-order valence-corrected chi connectivity index (χ4v) is 3.04. The van der Waals surface area contributed by atoms with E-state index >= 15 is 0 Å². The summed E-state index contributed by atoms with van der Waals surface area (Å²) in [6, 6.07) is 8.81. The summed E-state index contributed by atoms with van der Waals surface area (Å²) in [5.74, 6) is 1.11. The van der Waals surface area contributed by atoms with E-state index in [0.29, 0.717) is 33.7 Å². The van der Waals surface area contributed by atoms with Crippen LogP contribution < -0.4 is 19.5 Å². The van der Waals surface area contributed by atoms with Crippen LogP contribution in [0.5, 0.6) is 17.2 Å². The van der Waals surface area contributed by atoms with Crippen molar-refractivity contribution in [1.82, 2.24) is 4.98 Å². The third kappa shape index (κ3) is 3.15. The molecule has 0 fully saturated rings. The Morgan fingerprint density at radius 3 is 2.27 bits per heavy atom. The van der Waals surface area contributed by atoms with Gasteiger partial charge in [-0.25, -0.2) is 0 Å². The van der Waals surface area contributed by atoms with Crippen molar-refractivity contribution < 1.29 is 19.0 Å². The Bertz CT molecular complexity index is 956. The van der Waals surface area contributed by atoms with Gasteiger partial charge in [0.15, 0.2) is 11.5 Å². The molecule has 0 aliphatic heterocycles. The van der Waals surface area contributed by atoms with Gasteiger partial charge in [-0.1, -0.05) is 11.6 Å². The first-order valence-electron chi connectivity index (χ1n) is 7.87. The molecule has 7 heteroatoms. The smallest absolute Gasteiger partial charge is 0.272 e. The summed E-state index contributed by atoms with van der Waals surface area (Å²) in [5, 5.41) is 4.39. The van der Waals surface area contributed by atoms with Crippen LogP contribution in [0, 0.1) is 6.92 Å². The van der Waals surface area contributed by atoms with Crippen LogP contribution in [0.4, 0.5) is 5.69 Å². The summed E-state index contributed by atoms with van der Waals surface area (Å²) < 4.78 is 15.9. The molecule has 26 heavy (non-hydrogen) atoms. The molecule has 0 unspecified atom stereocenters. The van der Waals surface area contributed by atoms with E-state index in [0.717, 1.165) is 16.5 Å². The number of amides is 1. The van der Waals surface area contributed by atoms with Crippen molar-refractivity contribution in [2.24, 2.45) is 0 Å². The minimum Gasteiger partial charge on any atom is -0.493 e. The lowest BCUT2D eigenvalue weighted by Crippen LogP contribution is -2.14. The summed E-state index contributed by atoms with van der Waals surface area (Å²) in [6.45, 7) is 1.87. The van der Waals surface area contributed by atoms with Crippen LogP contribution in [-0.2, 0) is 0 Å². The molecule has 0 saturated heterocycles. The number of halogens is 1. The highest BCUT2D eigenvalue weighted by Gasteiger charge is 2.18. The van der Waals surface area contributed by atoms with E-state index in [2.05, 4.69) is 10.3 Å². The number of carbonyl (C=O) groups excluding carboxylic acids is 1. The third-order valence-corrected chi connectivity index (χ3v) is 4.41. The van der Waals surface area contributed by atoms with Crippen LogP contribution in [0.15, 0.2) is 30.3 Å². The number of aryl methyl sites for hydroxylation is 1. The second kappa shape index (κ2) is 7.17. The first-order valence-corrected chi connectivity index (χ1v) is 8.25. The largest absolute Gasteiger partial charge is 0.493 e. The van der Waals surface area contributed by atoms with Crippen LogP contribution in [0.3, 0.4) is 0 Å². The number of anilines is 1. The van der Waals surface area contributed by atoms with E-state index in [1.54, 1.807) is 18.2 Å². The molecule has 0 aliphatic carbocycles. The van der Waals surface area contributed by atoms with Crippen LogP contribution >= 0.6 is 11.6 Å². The van der Waals surface area contributed by atoms with Gasteiger partial charge < -0.3 is 24.5 Å². The maximum Gasteiger partial charge on any atom is 0.272 e. The summed E-state index contributed by atoms with van der Waals surface area (Å²) >= 11 is 6.05. The maximum atomic E-state index is 12.8. The Labute approximate surface area is 156 Å². The number of carbonyl (C=O) groups is 1. The summed E-state index contributed by atoms with van der Waals surface area (Å²) in [4.78, 5) is 15.9. The molecular formula is C19H19ClN2O4. The van der Waals surface area contributed by atoms with E-state index in [4.69, 9.17) is 25.8 Å². The number of benzene rings is 2. The van der Waals surface area contributed by atoms with Gasteiger partial charge in [0, 0.05) is 33.7 Å². The van der Waals surface area contributed by atoms with Crippen molar-refractivity contribution in [2.75, 3.05) is 26.6 Å². The predicted molar refractivity (Wildman–Crippen MR) is 102 cm³/mol. The lowest BCUT2D eigenvalue weighted by molar-refractivity contribution is 0.102. The zero-order valence-electron chi connectivity index (χ0n) is 14.9. The number of H-pyrrole nitrogens is 1. The molecule has 0 bridgehead atoms. The van der Waals surface area contributed by atoms with Gasteiger partial charge in [0.1, 0.15) is 5.69 Å². The number of ether oxygens (including phenoxy) is 3. The van der Waals surface area contributed by atoms with Gasteiger partial charge in [-0.2, -0.15) is 0 Å². The summed E-state index contributed by atoms with van der Waals surface area (Å²) in [5.41, 5.74) is 2.67. The Morgan fingerprint density at radius 2 is 1.69 bits per heavy atom. The monoisotopic (exact) mass is 374 g/mol. The molecule has 1 amide bonds. The minimum absolute atomic E-state index is 0.274. The molecule has 1 aromatic heterocycles. The normalized spacial score (nSPS) is 10.7. The van der Waals surface area contributed by atoms with Crippen molar-refractivity contribution in [2.45, 2.75) is 6.92 Å². The van der Waals surface area contributed by atoms with Gasteiger partial charge in [-0.15, -0.1) is 0 Å². The number of methoxy groups -OCH3 is 3. The van der Waals surface area contributed by atoms with Crippen LogP contribution in [0.25, 0.3) is 10.9 Å². The molecule has 1 heterocycles. The molecule has 2 aromatic carbocycles. The summed E-state index contributed by atoms with van der Waals surface area (Å²) in [6.07, 6.45) is 0. The molecule has 0 atom stereocenters. The highest BCUT2D eigenvalue weighted by Crippen LogP contribution is 2.40. The Hall–Kier alpha value is -2.86. The number of aromatic amines is 1. The quantitative estimate of drug-likeness (QED) is 0.694. The minimum atomic E-state index is -0.274. The number of aromatic nitrogens is 1. The average Bonchev–Trinajstić information content (AvgIpc) is 2.97. The van der Waals surface area contributed by atoms with E-state index < -0.39 is 0 Å². The molecule has 0 aliphatic rings. The second-order valence-electron chi connectivity index (χ2n) is 5.68. The van der Waals surface area contributed by atoms with Crippen molar-refractivity contribution in [3.63, 3.8) is 0 Å². The molecule has 0 spiro atoms. The van der Waals surface area contributed by atoms with Crippen LogP contribution in [0.1, 0.15) is 16.1 Å². The first-order chi connectivity index (χ1) is 12.5. The van der Waals surface area contributed by atoms with Gasteiger partial charge in [-0.3, -0.25) is 4.79 Å². The standard InChI is InChI=1S/C19H19ClN2O4/c1-10-13-7-11(20)5-6-14(13)22-17(10)19(23)21-12-8-15(24-2)18(26-4)16(9-12)25-3/h5-9,22H,1-4H3,(H,21,23). The Morgan fingerprint density at radius 1 is 1.04 bits per heavy atom. The number of hydrogen-bond acceptors (Lipinski definition) is 4. The zero-order chi connectivity index (χ0) is 18.8. The van der Waals surface area contributed by atoms with Crippen LogP contribution in [-0.4, -0.2) is 32.2 Å². The van der Waals surface area contributed by atoms with E-state index in [1.807, 2.05) is 19.1 Å². The lowest BCUT2D eigenvalue weighted by atomic mass is 10.1. The SMILES string of the molecule is COc1cc(NC(=O)c2[nH]c3ccc(Cl)cc3c2C)cc(OC)c1OC. The predicted octanol–water partition coefficient (Wildman–Crippen LogP) is 4.41. The highest BCUT2D eigenvalue weighted by molar-refractivity contribution is 6.31. The van der Waals surface area contributed by atoms with Gasteiger partial charge in [0.2, 0.25) is 5.75 Å². The van der Waals surface area contributed by atoms with E-state index in [-0.39, 0.29) is 5.91 Å². The van der Waals surface area contributed by atoms with Gasteiger partial charge in [-0.05, 0) is 30.7 Å². The van der Waals surface area contributed by atoms with Crippen molar-refractivity contribution in [3.05, 3.63) is 46.6 Å². The molecule has 0 saturated carbocycles. The van der Waals surface area contributed by atoms with Gasteiger partial charge in [0.05, 0.1) is 21.3 Å². The average molecular weight is 375 g/mol. The fourth-order valence-electron chi connectivity index (χ4n) is 2.87. The second-order valence-corrected chi connectivity index (χ2v) is 6.12. The molecule has 3 rings (SSSR count). The number of nitrogens with one attached hydrogen (secondary N) is 2. The highest BCUT2D eigenvalue weighted by atomic mass is 35.5. The maximum absolute atomic E-state index is 12.8. The van der Waals surface area contributed by atoms with Gasteiger partial charge in [0.25, 0.3) is 5.91 Å². The Kier molecular flexibility index (Phi) is 4.95. The molecule has 6 nitrogen and oxygen atoms in total. The van der Waals surface area contributed by atoms with E-state index in [1.165, 1.54) is 21.3 Å². The molecule has 2 N–H and O–H groups in total. The molecule has 136 valence electrons. The van der Waals surface area contributed by atoms with Gasteiger partial charge >= 0.3 is 0 Å². The van der Waals surface area contributed by atoms with Crippen molar-refractivity contribution in [3.8, 4) is 17.2 Å². The third-order valence-electron chi connectivity index (χ3n) is 4.17. The molecule has 3 aromatic rings. The number of rotatable bonds is 5. The lowest BCUT2D eigenvalue weighted by Gasteiger charge is -2.14. The van der Waals surface area contributed by atoms with Crippen molar-refractivity contribution >= 4 is 34.1 Å².